The van der Waals surface area contributed by atoms with E-state index >= 15 is 0 Å². The summed E-state index contributed by atoms with van der Waals surface area (Å²) in [5.74, 6) is 0. The Morgan fingerprint density at radius 2 is 2.14 bits per heavy atom. The van der Waals surface area contributed by atoms with E-state index in [9.17, 15) is 14.7 Å². The standard InChI is InChI=1S/C15H25N3O4/c1-9-8-18(13(20)16-9)12-7-10(19)5-6-11(12)17-14(21)22-15(2,3)4/h8,10-12,19H,5-7H2,1-4H3,(H,16,20)(H,17,21). The van der Waals surface area contributed by atoms with Crippen LogP contribution in [0.5, 0.6) is 0 Å². The smallest absolute Gasteiger partial charge is 0.407 e. The molecule has 0 bridgehead atoms. The first-order valence-electron chi connectivity index (χ1n) is 7.61. The molecule has 1 aromatic heterocycles. The third-order valence-corrected chi connectivity index (χ3v) is 3.72. The van der Waals surface area contributed by atoms with Crippen LogP contribution in [-0.4, -0.2) is 38.5 Å². The molecule has 3 unspecified atom stereocenters. The van der Waals surface area contributed by atoms with E-state index in [1.165, 1.54) is 0 Å². The minimum Gasteiger partial charge on any atom is -0.444 e. The van der Waals surface area contributed by atoms with E-state index < -0.39 is 17.8 Å². The van der Waals surface area contributed by atoms with Crippen LogP contribution in [0.2, 0.25) is 0 Å². The summed E-state index contributed by atoms with van der Waals surface area (Å²) in [5.41, 5.74) is -0.0522. The zero-order valence-electron chi connectivity index (χ0n) is 13.5. The molecule has 1 saturated carbocycles. The number of ether oxygens (including phenoxy) is 1. The maximum Gasteiger partial charge on any atom is 0.407 e. The van der Waals surface area contributed by atoms with E-state index in [1.54, 1.807) is 38.5 Å². The van der Waals surface area contributed by atoms with Crippen LogP contribution in [0.25, 0.3) is 0 Å². The number of carbonyl (C=O) groups excluding carboxylic acids is 1. The third kappa shape index (κ3) is 4.13. The van der Waals surface area contributed by atoms with Crippen molar-refractivity contribution >= 4 is 6.09 Å². The van der Waals surface area contributed by atoms with Crippen molar-refractivity contribution in [1.29, 1.82) is 0 Å². The van der Waals surface area contributed by atoms with Crippen molar-refractivity contribution < 1.29 is 14.6 Å². The molecule has 0 saturated heterocycles. The first-order valence-corrected chi connectivity index (χ1v) is 7.61. The van der Waals surface area contributed by atoms with Crippen molar-refractivity contribution in [3.8, 4) is 0 Å². The molecule has 7 heteroatoms. The summed E-state index contributed by atoms with van der Waals surface area (Å²) in [7, 11) is 0. The second-order valence-corrected chi connectivity index (χ2v) is 6.94. The lowest BCUT2D eigenvalue weighted by atomic mass is 9.88. The van der Waals surface area contributed by atoms with Crippen LogP contribution in [0.15, 0.2) is 11.0 Å². The highest BCUT2D eigenvalue weighted by Gasteiger charge is 2.34. The fourth-order valence-electron chi connectivity index (χ4n) is 2.84. The van der Waals surface area contributed by atoms with Gasteiger partial charge in [0.15, 0.2) is 0 Å². The molecule has 3 N–H and O–H groups in total. The van der Waals surface area contributed by atoms with E-state index in [-0.39, 0.29) is 17.8 Å². The number of rotatable bonds is 2. The number of aromatic amines is 1. The Balaban J connectivity index is 2.15. The van der Waals surface area contributed by atoms with Crippen molar-refractivity contribution in [1.82, 2.24) is 14.9 Å². The second-order valence-electron chi connectivity index (χ2n) is 6.94. The van der Waals surface area contributed by atoms with Gasteiger partial charge in [0.2, 0.25) is 0 Å². The van der Waals surface area contributed by atoms with Gasteiger partial charge in [-0.25, -0.2) is 9.59 Å². The van der Waals surface area contributed by atoms with Crippen LogP contribution >= 0.6 is 0 Å². The van der Waals surface area contributed by atoms with Gasteiger partial charge >= 0.3 is 11.8 Å². The predicted octanol–water partition coefficient (Wildman–Crippen LogP) is 1.46. The number of aromatic nitrogens is 2. The highest BCUT2D eigenvalue weighted by Crippen LogP contribution is 2.28. The van der Waals surface area contributed by atoms with Crippen LogP contribution in [0.1, 0.15) is 51.8 Å². The van der Waals surface area contributed by atoms with Crippen molar-refractivity contribution in [3.63, 3.8) is 0 Å². The number of amides is 1. The molecule has 0 aliphatic heterocycles. The van der Waals surface area contributed by atoms with Gasteiger partial charge < -0.3 is 20.1 Å². The summed E-state index contributed by atoms with van der Waals surface area (Å²) < 4.78 is 6.83. The fourth-order valence-corrected chi connectivity index (χ4v) is 2.84. The molecule has 1 aliphatic rings. The molecular formula is C15H25N3O4. The molecule has 1 amide bonds. The van der Waals surface area contributed by atoms with Gasteiger partial charge in [0.05, 0.1) is 18.2 Å². The molecule has 1 heterocycles. The van der Waals surface area contributed by atoms with E-state index in [2.05, 4.69) is 10.3 Å². The Morgan fingerprint density at radius 1 is 1.45 bits per heavy atom. The number of nitrogens with zero attached hydrogens (tertiary/aromatic N) is 1. The van der Waals surface area contributed by atoms with Gasteiger partial charge in [-0.2, -0.15) is 0 Å². The number of aryl methyl sites for hydroxylation is 1. The maximum atomic E-state index is 12.0. The van der Waals surface area contributed by atoms with Gasteiger partial charge in [-0.3, -0.25) is 4.57 Å². The predicted molar refractivity (Wildman–Crippen MR) is 81.8 cm³/mol. The summed E-state index contributed by atoms with van der Waals surface area (Å²) in [6, 6.07) is -0.528. The van der Waals surface area contributed by atoms with Crippen LogP contribution in [-0.2, 0) is 4.74 Å². The van der Waals surface area contributed by atoms with Gasteiger partial charge in [0, 0.05) is 11.9 Å². The zero-order valence-corrected chi connectivity index (χ0v) is 13.5. The Bertz CT molecular complexity index is 584. The normalized spacial score (nSPS) is 25.8. The topological polar surface area (TPSA) is 96.3 Å². The van der Waals surface area contributed by atoms with Crippen molar-refractivity contribution in [2.24, 2.45) is 0 Å². The highest BCUT2D eigenvalue weighted by atomic mass is 16.6. The molecule has 7 nitrogen and oxygen atoms in total. The molecule has 3 atom stereocenters. The third-order valence-electron chi connectivity index (χ3n) is 3.72. The number of H-pyrrole nitrogens is 1. The lowest BCUT2D eigenvalue weighted by molar-refractivity contribution is 0.0395. The number of alkyl carbamates (subject to hydrolysis) is 1. The molecule has 0 aromatic carbocycles. The molecule has 124 valence electrons. The fraction of sp³-hybridized carbons (Fsp3) is 0.733. The van der Waals surface area contributed by atoms with Crippen LogP contribution in [0.3, 0.4) is 0 Å². The van der Waals surface area contributed by atoms with Gasteiger partial charge in [-0.15, -0.1) is 0 Å². The Labute approximate surface area is 129 Å². The minimum atomic E-state index is -0.574. The first kappa shape index (κ1) is 16.6. The average molecular weight is 311 g/mol. The molecule has 1 aliphatic carbocycles. The lowest BCUT2D eigenvalue weighted by Gasteiger charge is -2.35. The average Bonchev–Trinajstić information content (AvgIpc) is 2.68. The number of imidazole rings is 1. The van der Waals surface area contributed by atoms with Crippen molar-refractivity contribution in [2.45, 2.75) is 70.7 Å². The van der Waals surface area contributed by atoms with Gasteiger partial charge in [0.1, 0.15) is 5.60 Å². The largest absolute Gasteiger partial charge is 0.444 e. The van der Waals surface area contributed by atoms with Gasteiger partial charge in [0.25, 0.3) is 0 Å². The number of hydrogen-bond acceptors (Lipinski definition) is 4. The molecule has 2 rings (SSSR count). The SMILES string of the molecule is Cc1cn(C2CC(O)CCC2NC(=O)OC(C)(C)C)c(=O)[nH]1. The number of hydrogen-bond donors (Lipinski definition) is 3. The van der Waals surface area contributed by atoms with Crippen LogP contribution in [0, 0.1) is 6.92 Å². The van der Waals surface area contributed by atoms with E-state index in [1.807, 2.05) is 0 Å². The molecule has 0 radical (unpaired) electrons. The second kappa shape index (κ2) is 6.16. The summed E-state index contributed by atoms with van der Waals surface area (Å²) in [6.07, 6.45) is 2.37. The summed E-state index contributed by atoms with van der Waals surface area (Å²) in [4.78, 5) is 26.7. The molecule has 22 heavy (non-hydrogen) atoms. The number of nitrogens with one attached hydrogen (secondary N) is 2. The number of aliphatic hydroxyl groups excluding tert-OH is 1. The van der Waals surface area contributed by atoms with E-state index in [0.29, 0.717) is 19.3 Å². The lowest BCUT2D eigenvalue weighted by Crippen LogP contribution is -2.48. The Hall–Kier alpha value is -1.76. The van der Waals surface area contributed by atoms with E-state index in [4.69, 9.17) is 4.74 Å². The quantitative estimate of drug-likeness (QED) is 0.770. The summed E-state index contributed by atoms with van der Waals surface area (Å²) in [5, 5.41) is 12.7. The first-order chi connectivity index (χ1) is 10.2. The van der Waals surface area contributed by atoms with Crippen molar-refractivity contribution in [2.75, 3.05) is 0 Å². The molecule has 1 aromatic rings. The van der Waals surface area contributed by atoms with Crippen molar-refractivity contribution in [3.05, 3.63) is 22.4 Å². The summed E-state index contributed by atoms with van der Waals surface area (Å²) >= 11 is 0. The highest BCUT2D eigenvalue weighted by molar-refractivity contribution is 5.68. The summed E-state index contributed by atoms with van der Waals surface area (Å²) in [6.45, 7) is 7.20. The van der Waals surface area contributed by atoms with Crippen LogP contribution < -0.4 is 11.0 Å². The van der Waals surface area contributed by atoms with Crippen LogP contribution in [0.4, 0.5) is 4.79 Å². The molecule has 1 fully saturated rings. The maximum absolute atomic E-state index is 12.0. The van der Waals surface area contributed by atoms with Gasteiger partial charge in [-0.1, -0.05) is 0 Å². The molecular weight excluding hydrogens is 286 g/mol. The van der Waals surface area contributed by atoms with Gasteiger partial charge in [-0.05, 0) is 47.0 Å². The zero-order chi connectivity index (χ0) is 16.5. The van der Waals surface area contributed by atoms with E-state index in [0.717, 1.165) is 5.69 Å². The Morgan fingerprint density at radius 3 is 2.68 bits per heavy atom. The molecule has 0 spiro atoms. The number of carbonyl (C=O) groups is 1. The monoisotopic (exact) mass is 311 g/mol. The minimum absolute atomic E-state index is 0.229. The number of aliphatic hydroxyl groups is 1. The Kier molecular flexibility index (Phi) is 4.65.